The zero-order valence-electron chi connectivity index (χ0n) is 17.4. The molecule has 4 rings (SSSR count). The van der Waals surface area contributed by atoms with Crippen LogP contribution in [0, 0.1) is 13.8 Å². The molecule has 0 saturated carbocycles. The van der Waals surface area contributed by atoms with Crippen molar-refractivity contribution in [2.75, 3.05) is 38.0 Å². The molecule has 1 fully saturated rings. The van der Waals surface area contributed by atoms with Gasteiger partial charge in [-0.2, -0.15) is 0 Å². The Kier molecular flexibility index (Phi) is 5.97. The predicted octanol–water partition coefficient (Wildman–Crippen LogP) is 2.05. The van der Waals surface area contributed by atoms with Crippen LogP contribution in [0.15, 0.2) is 22.7 Å². The molecular weight excluding hydrogens is 462 g/mol. The number of amides is 3. The third kappa shape index (κ3) is 4.28. The lowest BCUT2D eigenvalue weighted by molar-refractivity contribution is -0.131. The average molecular weight is 486 g/mol. The maximum Gasteiger partial charge on any atom is 0.256 e. The fraction of sp³-hybridized carbons (Fsp3) is 0.318. The summed E-state index contributed by atoms with van der Waals surface area (Å²) in [5.41, 5.74) is 4.91. The summed E-state index contributed by atoms with van der Waals surface area (Å²) < 4.78 is 0.885. The first kappa shape index (κ1) is 21.3. The van der Waals surface area contributed by atoms with Crippen LogP contribution in [-0.4, -0.2) is 60.3 Å². The summed E-state index contributed by atoms with van der Waals surface area (Å²) in [5.74, 6) is -0.325. The van der Waals surface area contributed by atoms with Gasteiger partial charge in [-0.05, 0) is 43.7 Å². The van der Waals surface area contributed by atoms with Gasteiger partial charge in [-0.15, -0.1) is 0 Å². The van der Waals surface area contributed by atoms with Crippen molar-refractivity contribution in [1.82, 2.24) is 20.5 Å². The van der Waals surface area contributed by atoms with Gasteiger partial charge >= 0.3 is 0 Å². The summed E-state index contributed by atoms with van der Waals surface area (Å²) in [7, 11) is 0. The summed E-state index contributed by atoms with van der Waals surface area (Å²) in [6, 6.07) is 5.63. The Morgan fingerprint density at radius 1 is 1.29 bits per heavy atom. The number of halogens is 1. The highest BCUT2D eigenvalue weighted by Crippen LogP contribution is 2.35. The molecule has 2 aliphatic heterocycles. The molecule has 2 aliphatic rings. The summed E-state index contributed by atoms with van der Waals surface area (Å²) in [6.45, 7) is 6.32. The molecule has 3 heterocycles. The molecule has 9 heteroatoms. The van der Waals surface area contributed by atoms with Crippen molar-refractivity contribution in [3.63, 3.8) is 0 Å². The van der Waals surface area contributed by atoms with Crippen molar-refractivity contribution in [1.29, 1.82) is 0 Å². The first-order chi connectivity index (χ1) is 14.8. The van der Waals surface area contributed by atoms with Gasteiger partial charge < -0.3 is 25.8 Å². The molecule has 3 amide bonds. The van der Waals surface area contributed by atoms with E-state index < -0.39 is 0 Å². The third-order valence-corrected chi connectivity index (χ3v) is 6.10. The van der Waals surface area contributed by atoms with Crippen molar-refractivity contribution in [2.24, 2.45) is 0 Å². The number of aromatic nitrogens is 1. The smallest absolute Gasteiger partial charge is 0.256 e. The lowest BCUT2D eigenvalue weighted by atomic mass is 10.0. The first-order valence-electron chi connectivity index (χ1n) is 10.1. The Bertz CT molecular complexity index is 1100. The van der Waals surface area contributed by atoms with E-state index in [0.29, 0.717) is 37.3 Å². The average Bonchev–Trinajstić information content (AvgIpc) is 3.18. The van der Waals surface area contributed by atoms with Gasteiger partial charge in [0.2, 0.25) is 5.91 Å². The second-order valence-corrected chi connectivity index (χ2v) is 8.59. The normalized spacial score (nSPS) is 17.1. The number of hydrogen-bond donors (Lipinski definition) is 4. The number of carbonyl (C=O) groups excluding carboxylic acids is 3. The van der Waals surface area contributed by atoms with Gasteiger partial charge in [0.1, 0.15) is 0 Å². The number of aryl methyl sites for hydroxylation is 1. The number of rotatable bonds is 5. The number of hydrogen-bond acceptors (Lipinski definition) is 4. The Balaban J connectivity index is 1.51. The molecular formula is C22H24BrN5O3. The number of H-pyrrole nitrogens is 1. The zero-order chi connectivity index (χ0) is 22.1. The van der Waals surface area contributed by atoms with E-state index in [-0.39, 0.29) is 17.7 Å². The minimum Gasteiger partial charge on any atom is -0.358 e. The molecule has 1 aromatic carbocycles. The molecule has 31 heavy (non-hydrogen) atoms. The molecule has 0 spiro atoms. The molecule has 0 unspecified atom stereocenters. The summed E-state index contributed by atoms with van der Waals surface area (Å²) in [5, 5.41) is 8.80. The molecule has 8 nitrogen and oxygen atoms in total. The Labute approximate surface area is 188 Å². The van der Waals surface area contributed by atoms with Crippen molar-refractivity contribution < 1.29 is 14.4 Å². The number of fused-ring (bicyclic) bond motifs is 1. The summed E-state index contributed by atoms with van der Waals surface area (Å²) in [4.78, 5) is 42.1. The van der Waals surface area contributed by atoms with Gasteiger partial charge in [-0.1, -0.05) is 15.9 Å². The Morgan fingerprint density at radius 3 is 2.87 bits per heavy atom. The van der Waals surface area contributed by atoms with Gasteiger partial charge in [0.15, 0.2) is 0 Å². The number of carbonyl (C=O) groups is 3. The van der Waals surface area contributed by atoms with Gasteiger partial charge in [-0.3, -0.25) is 14.4 Å². The van der Waals surface area contributed by atoms with Crippen LogP contribution in [0.1, 0.15) is 32.9 Å². The highest BCUT2D eigenvalue weighted by Gasteiger charge is 2.26. The van der Waals surface area contributed by atoms with Crippen LogP contribution in [0.5, 0.6) is 0 Å². The molecule has 0 atom stereocenters. The first-order valence-corrected chi connectivity index (χ1v) is 10.9. The SMILES string of the molecule is Cc1[nH]c(/C=C2\C(=O)Nc3ccc(Br)cc32)c(C)c1C(=O)NCCN1CCNCC1=O. The van der Waals surface area contributed by atoms with E-state index in [4.69, 9.17) is 0 Å². The van der Waals surface area contributed by atoms with E-state index in [0.717, 1.165) is 39.2 Å². The van der Waals surface area contributed by atoms with Crippen LogP contribution in [0.2, 0.25) is 0 Å². The molecule has 162 valence electrons. The molecule has 2 aromatic rings. The summed E-state index contributed by atoms with van der Waals surface area (Å²) >= 11 is 3.45. The fourth-order valence-electron chi connectivity index (χ4n) is 3.98. The van der Waals surface area contributed by atoms with Crippen LogP contribution >= 0.6 is 15.9 Å². The molecule has 4 N–H and O–H groups in total. The van der Waals surface area contributed by atoms with Gasteiger partial charge in [0.05, 0.1) is 17.7 Å². The van der Waals surface area contributed by atoms with Gasteiger partial charge in [0.25, 0.3) is 11.8 Å². The number of benzene rings is 1. The molecule has 1 aromatic heterocycles. The highest BCUT2D eigenvalue weighted by atomic mass is 79.9. The lowest BCUT2D eigenvalue weighted by Gasteiger charge is -2.27. The highest BCUT2D eigenvalue weighted by molar-refractivity contribution is 9.10. The van der Waals surface area contributed by atoms with Crippen LogP contribution in [-0.2, 0) is 9.59 Å². The van der Waals surface area contributed by atoms with E-state index >= 15 is 0 Å². The van der Waals surface area contributed by atoms with Crippen LogP contribution in [0.4, 0.5) is 5.69 Å². The minimum atomic E-state index is -0.197. The Hall–Kier alpha value is -2.91. The largest absolute Gasteiger partial charge is 0.358 e. The second kappa shape index (κ2) is 8.68. The van der Waals surface area contributed by atoms with E-state index in [9.17, 15) is 14.4 Å². The maximum absolute atomic E-state index is 12.8. The van der Waals surface area contributed by atoms with Gasteiger partial charge in [0, 0.05) is 53.3 Å². The fourth-order valence-corrected chi connectivity index (χ4v) is 4.34. The van der Waals surface area contributed by atoms with E-state index in [1.54, 1.807) is 11.0 Å². The summed E-state index contributed by atoms with van der Waals surface area (Å²) in [6.07, 6.45) is 1.78. The van der Waals surface area contributed by atoms with Crippen molar-refractivity contribution >= 4 is 51.0 Å². The number of piperazine rings is 1. The standard InChI is InChI=1S/C22H24BrN5O3/c1-12-18(10-16-15-9-14(23)3-4-17(15)27-21(16)30)26-13(2)20(12)22(31)25-6-8-28-7-5-24-11-19(28)29/h3-4,9-10,24,26H,5-8,11H2,1-2H3,(H,25,31)(H,27,30)/b16-10-. The molecule has 0 aliphatic carbocycles. The van der Waals surface area contributed by atoms with E-state index in [1.807, 2.05) is 32.0 Å². The Morgan fingerprint density at radius 2 is 2.10 bits per heavy atom. The second-order valence-electron chi connectivity index (χ2n) is 7.68. The number of anilines is 1. The lowest BCUT2D eigenvalue weighted by Crippen LogP contribution is -2.50. The monoisotopic (exact) mass is 485 g/mol. The van der Waals surface area contributed by atoms with Gasteiger partial charge in [-0.25, -0.2) is 0 Å². The quantitative estimate of drug-likeness (QED) is 0.486. The maximum atomic E-state index is 12.8. The molecule has 0 radical (unpaired) electrons. The van der Waals surface area contributed by atoms with Crippen molar-refractivity contribution in [3.8, 4) is 0 Å². The number of nitrogens with one attached hydrogen (secondary N) is 4. The molecule has 0 bridgehead atoms. The third-order valence-electron chi connectivity index (χ3n) is 5.61. The minimum absolute atomic E-state index is 0.0465. The zero-order valence-corrected chi connectivity index (χ0v) is 19.0. The predicted molar refractivity (Wildman–Crippen MR) is 123 cm³/mol. The van der Waals surface area contributed by atoms with E-state index in [2.05, 4.69) is 36.9 Å². The van der Waals surface area contributed by atoms with E-state index in [1.165, 1.54) is 0 Å². The topological polar surface area (TPSA) is 106 Å². The van der Waals surface area contributed by atoms with Crippen molar-refractivity contribution in [3.05, 3.63) is 50.8 Å². The van der Waals surface area contributed by atoms with Crippen LogP contribution in [0.25, 0.3) is 11.6 Å². The van der Waals surface area contributed by atoms with Crippen molar-refractivity contribution in [2.45, 2.75) is 13.8 Å². The van der Waals surface area contributed by atoms with Crippen LogP contribution < -0.4 is 16.0 Å². The van der Waals surface area contributed by atoms with Crippen LogP contribution in [0.3, 0.4) is 0 Å². The number of aromatic amines is 1. The number of nitrogens with zero attached hydrogens (tertiary/aromatic N) is 1. The molecule has 1 saturated heterocycles.